The van der Waals surface area contributed by atoms with Crippen LogP contribution in [0.5, 0.6) is 0 Å². The molecule has 0 amide bonds. The zero-order chi connectivity index (χ0) is 11.5. The first kappa shape index (κ1) is 12.9. The second kappa shape index (κ2) is 5.22. The average Bonchev–Trinajstić information content (AvgIpc) is 2.18. The minimum Gasteiger partial charge on any atom is -0.394 e. The molecule has 3 N–H and O–H groups in total. The summed E-state index contributed by atoms with van der Waals surface area (Å²) in [7, 11) is -3.31. The first-order valence-corrected chi connectivity index (χ1v) is 6.54. The van der Waals surface area contributed by atoms with Crippen molar-refractivity contribution in [3.8, 4) is 0 Å². The lowest BCUT2D eigenvalue weighted by atomic mass is 10.2. The lowest BCUT2D eigenvalue weighted by Crippen LogP contribution is -2.53. The van der Waals surface area contributed by atoms with E-state index < -0.39 is 16.1 Å². The van der Waals surface area contributed by atoms with E-state index in [2.05, 4.69) is 0 Å². The lowest BCUT2D eigenvalue weighted by molar-refractivity contribution is -0.0515. The molecular formula is C8H18N2O4S. The number of sulfonamides is 1. The molecule has 0 aromatic carbocycles. The van der Waals surface area contributed by atoms with Crippen LogP contribution in [0.1, 0.15) is 6.92 Å². The van der Waals surface area contributed by atoms with E-state index in [9.17, 15) is 8.42 Å². The van der Waals surface area contributed by atoms with E-state index in [0.717, 1.165) is 0 Å². The Morgan fingerprint density at radius 2 is 2.27 bits per heavy atom. The molecule has 2 atom stereocenters. The van der Waals surface area contributed by atoms with Gasteiger partial charge in [-0.15, -0.1) is 0 Å². The molecule has 0 radical (unpaired) electrons. The van der Waals surface area contributed by atoms with Gasteiger partial charge in [0.1, 0.15) is 0 Å². The Bertz CT molecular complexity index is 293. The number of ether oxygens (including phenoxy) is 1. The third-order valence-electron chi connectivity index (χ3n) is 2.39. The Balaban J connectivity index is 2.73. The van der Waals surface area contributed by atoms with E-state index in [1.807, 2.05) is 0 Å². The van der Waals surface area contributed by atoms with Gasteiger partial charge < -0.3 is 15.6 Å². The molecule has 7 heteroatoms. The zero-order valence-electron chi connectivity index (χ0n) is 8.80. The standard InChI is InChI=1S/C8H18N2O4S/c1-7-6-14-8(5-11)4-10(7)15(12,13)3-2-9/h7-8,11H,2-6,9H2,1H3. The number of rotatable bonds is 4. The van der Waals surface area contributed by atoms with Crippen molar-refractivity contribution in [1.29, 1.82) is 0 Å². The summed E-state index contributed by atoms with van der Waals surface area (Å²) in [6, 6.07) is -0.190. The van der Waals surface area contributed by atoms with Crippen molar-refractivity contribution in [2.75, 3.05) is 32.1 Å². The monoisotopic (exact) mass is 238 g/mol. The summed E-state index contributed by atoms with van der Waals surface area (Å²) in [6.45, 7) is 2.24. The predicted molar refractivity (Wildman–Crippen MR) is 55.8 cm³/mol. The minimum atomic E-state index is -3.31. The molecule has 0 spiro atoms. The number of hydrogen-bond acceptors (Lipinski definition) is 5. The fourth-order valence-electron chi connectivity index (χ4n) is 1.56. The van der Waals surface area contributed by atoms with Gasteiger partial charge in [-0.25, -0.2) is 8.42 Å². The number of nitrogens with two attached hydrogens (primary N) is 1. The smallest absolute Gasteiger partial charge is 0.215 e. The van der Waals surface area contributed by atoms with Gasteiger partial charge >= 0.3 is 0 Å². The normalized spacial score (nSPS) is 29.3. The van der Waals surface area contributed by atoms with Gasteiger partial charge in [0, 0.05) is 19.1 Å². The van der Waals surface area contributed by atoms with E-state index in [0.29, 0.717) is 6.61 Å². The SMILES string of the molecule is CC1COC(CO)CN1S(=O)(=O)CCN. The van der Waals surface area contributed by atoms with Crippen molar-refractivity contribution < 1.29 is 18.3 Å². The van der Waals surface area contributed by atoms with Crippen molar-refractivity contribution in [1.82, 2.24) is 4.31 Å². The quantitative estimate of drug-likeness (QED) is 0.612. The van der Waals surface area contributed by atoms with Gasteiger partial charge in [0.05, 0.1) is 25.1 Å². The Morgan fingerprint density at radius 1 is 1.60 bits per heavy atom. The van der Waals surface area contributed by atoms with Crippen LogP contribution in [0, 0.1) is 0 Å². The first-order valence-electron chi connectivity index (χ1n) is 4.93. The summed E-state index contributed by atoms with van der Waals surface area (Å²) in [5.74, 6) is -0.0600. The van der Waals surface area contributed by atoms with Crippen LogP contribution in [0.4, 0.5) is 0 Å². The van der Waals surface area contributed by atoms with Crippen molar-refractivity contribution in [3.05, 3.63) is 0 Å². The highest BCUT2D eigenvalue weighted by Crippen LogP contribution is 2.15. The van der Waals surface area contributed by atoms with Crippen LogP contribution in [0.2, 0.25) is 0 Å². The Labute approximate surface area is 90.1 Å². The molecule has 1 aliphatic rings. The summed E-state index contributed by atoms with van der Waals surface area (Å²) in [5, 5.41) is 8.92. The van der Waals surface area contributed by atoms with Gasteiger partial charge in [0.2, 0.25) is 10.0 Å². The summed E-state index contributed by atoms with van der Waals surface area (Å²) in [6.07, 6.45) is -0.422. The Hall–Kier alpha value is -0.210. The van der Waals surface area contributed by atoms with E-state index in [4.69, 9.17) is 15.6 Å². The fourth-order valence-corrected chi connectivity index (χ4v) is 3.09. The maximum absolute atomic E-state index is 11.8. The number of aliphatic hydroxyl groups is 1. The molecule has 1 heterocycles. The maximum atomic E-state index is 11.8. The molecule has 0 aromatic heterocycles. The molecule has 90 valence electrons. The zero-order valence-corrected chi connectivity index (χ0v) is 9.61. The third-order valence-corrected chi connectivity index (χ3v) is 4.36. The second-order valence-corrected chi connectivity index (χ2v) is 5.70. The maximum Gasteiger partial charge on any atom is 0.215 e. The number of aliphatic hydroxyl groups excluding tert-OH is 1. The molecule has 15 heavy (non-hydrogen) atoms. The van der Waals surface area contributed by atoms with Crippen LogP contribution in [0.25, 0.3) is 0 Å². The molecule has 1 saturated heterocycles. The van der Waals surface area contributed by atoms with Gasteiger partial charge in [-0.1, -0.05) is 0 Å². The van der Waals surface area contributed by atoms with Crippen LogP contribution in [-0.2, 0) is 14.8 Å². The van der Waals surface area contributed by atoms with Crippen molar-refractivity contribution in [3.63, 3.8) is 0 Å². The van der Waals surface area contributed by atoms with Crippen LogP contribution in [-0.4, -0.2) is 62.0 Å². The van der Waals surface area contributed by atoms with Crippen LogP contribution >= 0.6 is 0 Å². The van der Waals surface area contributed by atoms with Crippen molar-refractivity contribution >= 4 is 10.0 Å². The average molecular weight is 238 g/mol. The molecule has 0 aromatic rings. The largest absolute Gasteiger partial charge is 0.394 e. The summed E-state index contributed by atoms with van der Waals surface area (Å²) < 4.78 is 30.2. The molecule has 0 aliphatic carbocycles. The molecule has 2 unspecified atom stereocenters. The second-order valence-electron chi connectivity index (χ2n) is 3.66. The highest BCUT2D eigenvalue weighted by atomic mass is 32.2. The van der Waals surface area contributed by atoms with Crippen LogP contribution < -0.4 is 5.73 Å². The van der Waals surface area contributed by atoms with Crippen molar-refractivity contribution in [2.24, 2.45) is 5.73 Å². The lowest BCUT2D eigenvalue weighted by Gasteiger charge is -2.36. The minimum absolute atomic E-state index is 0.0600. The third kappa shape index (κ3) is 3.12. The number of morpholine rings is 1. The topological polar surface area (TPSA) is 92.9 Å². The summed E-state index contributed by atoms with van der Waals surface area (Å²) >= 11 is 0. The Morgan fingerprint density at radius 3 is 2.80 bits per heavy atom. The highest BCUT2D eigenvalue weighted by molar-refractivity contribution is 7.89. The molecule has 6 nitrogen and oxygen atoms in total. The predicted octanol–water partition coefficient (Wildman–Crippen LogP) is -1.64. The molecule has 1 rings (SSSR count). The van der Waals surface area contributed by atoms with E-state index in [-0.39, 0.29) is 31.5 Å². The van der Waals surface area contributed by atoms with Gasteiger partial charge in [0.25, 0.3) is 0 Å². The van der Waals surface area contributed by atoms with Gasteiger partial charge in [-0.3, -0.25) is 0 Å². The molecule has 1 fully saturated rings. The molecule has 0 bridgehead atoms. The number of hydrogen-bond donors (Lipinski definition) is 2. The first-order chi connectivity index (χ1) is 7.01. The highest BCUT2D eigenvalue weighted by Gasteiger charge is 2.33. The van der Waals surface area contributed by atoms with E-state index >= 15 is 0 Å². The fraction of sp³-hybridized carbons (Fsp3) is 1.00. The van der Waals surface area contributed by atoms with Crippen LogP contribution in [0.15, 0.2) is 0 Å². The molecule has 1 aliphatic heterocycles. The molecule has 0 saturated carbocycles. The van der Waals surface area contributed by atoms with Crippen LogP contribution in [0.3, 0.4) is 0 Å². The summed E-state index contributed by atoms with van der Waals surface area (Å²) in [5.41, 5.74) is 5.25. The molecular weight excluding hydrogens is 220 g/mol. The van der Waals surface area contributed by atoms with Gasteiger partial charge in [-0.2, -0.15) is 4.31 Å². The van der Waals surface area contributed by atoms with E-state index in [1.54, 1.807) is 6.92 Å². The summed E-state index contributed by atoms with van der Waals surface area (Å²) in [4.78, 5) is 0. The van der Waals surface area contributed by atoms with Gasteiger partial charge in [0.15, 0.2) is 0 Å². The Kier molecular flexibility index (Phi) is 4.47. The van der Waals surface area contributed by atoms with Gasteiger partial charge in [-0.05, 0) is 6.92 Å². The number of nitrogens with zero attached hydrogens (tertiary/aromatic N) is 1. The van der Waals surface area contributed by atoms with E-state index in [1.165, 1.54) is 4.31 Å². The van der Waals surface area contributed by atoms with Crippen molar-refractivity contribution in [2.45, 2.75) is 19.1 Å².